The van der Waals surface area contributed by atoms with E-state index in [4.69, 9.17) is 4.74 Å². The van der Waals surface area contributed by atoms with Crippen LogP contribution in [-0.4, -0.2) is 25.1 Å². The van der Waals surface area contributed by atoms with Crippen LogP contribution in [0.1, 0.15) is 28.3 Å². The van der Waals surface area contributed by atoms with Gasteiger partial charge in [0.25, 0.3) is 5.56 Å². The molecule has 0 aliphatic rings. The average Bonchev–Trinajstić information content (AvgIpc) is 3.22. The second-order valence-corrected chi connectivity index (χ2v) is 7.65. The van der Waals surface area contributed by atoms with E-state index in [0.717, 1.165) is 28.3 Å². The van der Waals surface area contributed by atoms with Gasteiger partial charge in [-0.2, -0.15) is 5.10 Å². The van der Waals surface area contributed by atoms with Gasteiger partial charge in [-0.15, -0.1) is 11.3 Å². The molecule has 1 aromatic carbocycles. The fourth-order valence-corrected chi connectivity index (χ4v) is 4.17. The number of aryl methyl sites for hydroxylation is 2. The predicted octanol–water partition coefficient (Wildman–Crippen LogP) is 3.15. The molecular weight excluding hydrogens is 388 g/mol. The Bertz CT molecular complexity index is 1250. The lowest BCUT2D eigenvalue weighted by Gasteiger charge is -2.07. The Hall–Kier alpha value is -3.26. The summed E-state index contributed by atoms with van der Waals surface area (Å²) in [5, 5.41) is 6.42. The molecule has 29 heavy (non-hydrogen) atoms. The smallest absolute Gasteiger partial charge is 0.310 e. The van der Waals surface area contributed by atoms with E-state index in [1.807, 2.05) is 61.2 Å². The van der Waals surface area contributed by atoms with Crippen molar-refractivity contribution in [3.63, 3.8) is 0 Å². The summed E-state index contributed by atoms with van der Waals surface area (Å²) in [6.07, 6.45) is 0.115. The van der Waals surface area contributed by atoms with Crippen LogP contribution in [0, 0.1) is 20.8 Å². The van der Waals surface area contributed by atoms with Crippen LogP contribution in [0.15, 0.2) is 46.6 Å². The number of hydrogen-bond acceptors (Lipinski definition) is 6. The Kier molecular flexibility index (Phi) is 5.02. The van der Waals surface area contributed by atoms with Crippen LogP contribution in [0.25, 0.3) is 10.6 Å². The minimum atomic E-state index is -0.381. The van der Waals surface area contributed by atoms with Gasteiger partial charge in [-0.05, 0) is 32.9 Å². The summed E-state index contributed by atoms with van der Waals surface area (Å²) in [7, 11) is 0. The first-order valence-corrected chi connectivity index (χ1v) is 10.0. The van der Waals surface area contributed by atoms with Crippen LogP contribution >= 0.6 is 11.3 Å². The number of thiazole rings is 1. The number of hydrogen-bond donors (Lipinski definition) is 0. The molecule has 3 aromatic heterocycles. The summed E-state index contributed by atoms with van der Waals surface area (Å²) in [6, 6.07) is 11.2. The average molecular weight is 408 g/mol. The van der Waals surface area contributed by atoms with Crippen molar-refractivity contribution in [2.24, 2.45) is 0 Å². The summed E-state index contributed by atoms with van der Waals surface area (Å²) < 4.78 is 8.75. The quantitative estimate of drug-likeness (QED) is 0.474. The number of benzene rings is 1. The molecule has 0 aliphatic carbocycles. The Labute approximate surface area is 171 Å². The summed E-state index contributed by atoms with van der Waals surface area (Å²) in [5.41, 5.74) is 4.59. The van der Waals surface area contributed by atoms with Crippen LogP contribution in [0.3, 0.4) is 0 Å². The zero-order valence-electron chi connectivity index (χ0n) is 16.4. The zero-order chi connectivity index (χ0) is 20.5. The fraction of sp³-hybridized carbons (Fsp3) is 0.238. The van der Waals surface area contributed by atoms with Gasteiger partial charge in [0.2, 0.25) is 0 Å². The summed E-state index contributed by atoms with van der Waals surface area (Å²) >= 11 is 1.38. The van der Waals surface area contributed by atoms with Gasteiger partial charge in [-0.1, -0.05) is 18.2 Å². The molecule has 7 nitrogen and oxygen atoms in total. The Balaban J connectivity index is 1.48. The minimum Gasteiger partial charge on any atom is -0.459 e. The molecule has 8 heteroatoms. The van der Waals surface area contributed by atoms with Crippen molar-refractivity contribution in [3.8, 4) is 5.69 Å². The highest BCUT2D eigenvalue weighted by molar-refractivity contribution is 7.15. The number of esters is 1. The number of fused-ring (bicyclic) bond motifs is 1. The van der Waals surface area contributed by atoms with E-state index in [2.05, 4.69) is 10.1 Å². The third-order valence-electron chi connectivity index (χ3n) is 4.77. The summed E-state index contributed by atoms with van der Waals surface area (Å²) in [5.74, 6) is -0.381. The fourth-order valence-electron chi connectivity index (χ4n) is 3.28. The van der Waals surface area contributed by atoms with E-state index in [1.54, 1.807) is 4.40 Å². The van der Waals surface area contributed by atoms with Gasteiger partial charge in [0.15, 0.2) is 4.96 Å². The van der Waals surface area contributed by atoms with Gasteiger partial charge < -0.3 is 4.74 Å². The number of carbonyl (C=O) groups excluding carboxylic acids is 1. The standard InChI is InChI=1S/C21H20N4O3S/c1-13-12-29-21-22-16(9-19(26)24(13)21)11-28-20(27)10-18-14(2)23-25(15(18)3)17-7-5-4-6-8-17/h4-9,12H,10-11H2,1-3H3. The number of nitrogens with zero attached hydrogens (tertiary/aromatic N) is 4. The molecule has 0 unspecified atom stereocenters. The molecule has 0 bridgehead atoms. The van der Waals surface area contributed by atoms with Gasteiger partial charge in [-0.3, -0.25) is 14.0 Å². The second kappa shape index (κ2) is 7.63. The van der Waals surface area contributed by atoms with E-state index >= 15 is 0 Å². The van der Waals surface area contributed by atoms with Crippen molar-refractivity contribution in [2.45, 2.75) is 33.8 Å². The van der Waals surface area contributed by atoms with Crippen molar-refractivity contribution in [1.82, 2.24) is 19.2 Å². The van der Waals surface area contributed by atoms with E-state index in [9.17, 15) is 9.59 Å². The summed E-state index contributed by atoms with van der Waals surface area (Å²) in [4.78, 5) is 29.6. The first-order chi connectivity index (χ1) is 13.9. The summed E-state index contributed by atoms with van der Waals surface area (Å²) in [6.45, 7) is 5.63. The van der Waals surface area contributed by atoms with Crippen molar-refractivity contribution in [2.75, 3.05) is 0 Å². The maximum absolute atomic E-state index is 12.4. The van der Waals surface area contributed by atoms with E-state index in [-0.39, 0.29) is 24.6 Å². The molecule has 4 rings (SSSR count). The molecule has 0 saturated heterocycles. The lowest BCUT2D eigenvalue weighted by atomic mass is 10.1. The van der Waals surface area contributed by atoms with Gasteiger partial charge >= 0.3 is 5.97 Å². The Morgan fingerprint density at radius 1 is 1.17 bits per heavy atom. The van der Waals surface area contributed by atoms with E-state index < -0.39 is 0 Å². The molecule has 0 fully saturated rings. The zero-order valence-corrected chi connectivity index (χ0v) is 17.2. The lowest BCUT2D eigenvalue weighted by Crippen LogP contribution is -2.16. The van der Waals surface area contributed by atoms with Crippen LogP contribution in [-0.2, 0) is 22.6 Å². The molecular formula is C21H20N4O3S. The van der Waals surface area contributed by atoms with Gasteiger partial charge in [0.1, 0.15) is 6.61 Å². The minimum absolute atomic E-state index is 0.0353. The monoisotopic (exact) mass is 408 g/mol. The van der Waals surface area contributed by atoms with Crippen molar-refractivity contribution in [1.29, 1.82) is 0 Å². The van der Waals surface area contributed by atoms with E-state index in [1.165, 1.54) is 17.4 Å². The maximum atomic E-state index is 12.4. The Morgan fingerprint density at radius 3 is 2.69 bits per heavy atom. The molecule has 3 heterocycles. The molecule has 4 aromatic rings. The number of carbonyl (C=O) groups is 1. The number of para-hydroxylation sites is 1. The SMILES string of the molecule is Cc1nn(-c2ccccc2)c(C)c1CC(=O)OCc1cc(=O)n2c(C)csc2n1. The predicted molar refractivity (Wildman–Crippen MR) is 111 cm³/mol. The van der Waals surface area contributed by atoms with Crippen molar-refractivity contribution >= 4 is 22.3 Å². The third-order valence-corrected chi connectivity index (χ3v) is 5.72. The highest BCUT2D eigenvalue weighted by Crippen LogP contribution is 2.19. The maximum Gasteiger partial charge on any atom is 0.310 e. The normalized spacial score (nSPS) is 11.1. The first-order valence-electron chi connectivity index (χ1n) is 9.17. The van der Waals surface area contributed by atoms with Crippen LogP contribution in [0.2, 0.25) is 0 Å². The molecule has 0 atom stereocenters. The number of rotatable bonds is 5. The molecule has 0 spiro atoms. The molecule has 148 valence electrons. The highest BCUT2D eigenvalue weighted by atomic mass is 32.1. The number of ether oxygens (including phenoxy) is 1. The Morgan fingerprint density at radius 2 is 1.93 bits per heavy atom. The molecule has 0 N–H and O–H groups in total. The first kappa shape index (κ1) is 19.1. The van der Waals surface area contributed by atoms with Gasteiger partial charge in [0, 0.05) is 28.4 Å². The van der Waals surface area contributed by atoms with Gasteiger partial charge in [0.05, 0.1) is 23.5 Å². The van der Waals surface area contributed by atoms with Crippen LogP contribution in [0.5, 0.6) is 0 Å². The second-order valence-electron chi connectivity index (χ2n) is 6.81. The van der Waals surface area contributed by atoms with Crippen LogP contribution in [0.4, 0.5) is 0 Å². The topological polar surface area (TPSA) is 78.5 Å². The number of aromatic nitrogens is 4. The van der Waals surface area contributed by atoms with Crippen LogP contribution < -0.4 is 5.56 Å². The molecule has 0 amide bonds. The largest absolute Gasteiger partial charge is 0.459 e. The molecule has 0 saturated carbocycles. The lowest BCUT2D eigenvalue weighted by molar-refractivity contribution is -0.144. The van der Waals surface area contributed by atoms with Gasteiger partial charge in [-0.25, -0.2) is 9.67 Å². The third kappa shape index (κ3) is 3.71. The van der Waals surface area contributed by atoms with E-state index in [0.29, 0.717) is 10.7 Å². The molecule has 0 aliphatic heterocycles. The highest BCUT2D eigenvalue weighted by Gasteiger charge is 2.17. The molecule has 0 radical (unpaired) electrons. The van der Waals surface area contributed by atoms with Crippen molar-refractivity contribution in [3.05, 3.63) is 80.5 Å². The van der Waals surface area contributed by atoms with Crippen molar-refractivity contribution < 1.29 is 9.53 Å².